The maximum atomic E-state index is 6.15. The van der Waals surface area contributed by atoms with E-state index in [1.54, 1.807) is 0 Å². The Morgan fingerprint density at radius 2 is 2.29 bits per heavy atom. The van der Waals surface area contributed by atoms with Crippen LogP contribution in [0.3, 0.4) is 0 Å². The van der Waals surface area contributed by atoms with Crippen molar-refractivity contribution in [1.82, 2.24) is 10.1 Å². The summed E-state index contributed by atoms with van der Waals surface area (Å²) in [5.41, 5.74) is 6.04. The van der Waals surface area contributed by atoms with Crippen molar-refractivity contribution >= 4 is 0 Å². The summed E-state index contributed by atoms with van der Waals surface area (Å²) in [5.74, 6) is 2.23. The largest absolute Gasteiger partial charge is 0.339 e. The van der Waals surface area contributed by atoms with Gasteiger partial charge in [0.15, 0.2) is 5.82 Å². The first kappa shape index (κ1) is 12.6. The number of rotatable bonds is 4. The lowest BCUT2D eigenvalue weighted by Gasteiger charge is -2.23. The molecule has 17 heavy (non-hydrogen) atoms. The molecule has 4 nitrogen and oxygen atoms in total. The number of hydrogen-bond acceptors (Lipinski definition) is 4. The van der Waals surface area contributed by atoms with E-state index >= 15 is 0 Å². The number of aromatic nitrogens is 2. The van der Waals surface area contributed by atoms with Gasteiger partial charge >= 0.3 is 0 Å². The second-order valence-corrected chi connectivity index (χ2v) is 5.86. The molecular weight excluding hydrogens is 214 g/mol. The molecule has 2 N–H and O–H groups in total. The summed E-state index contributed by atoms with van der Waals surface area (Å²) < 4.78 is 5.41. The molecule has 1 aromatic heterocycles. The van der Waals surface area contributed by atoms with E-state index in [2.05, 4.69) is 30.9 Å². The Kier molecular flexibility index (Phi) is 3.52. The fourth-order valence-corrected chi connectivity index (χ4v) is 2.46. The molecule has 1 aliphatic carbocycles. The van der Waals surface area contributed by atoms with Gasteiger partial charge in [0, 0.05) is 12.5 Å². The van der Waals surface area contributed by atoms with Gasteiger partial charge in [0.25, 0.3) is 0 Å². The lowest BCUT2D eigenvalue weighted by Crippen LogP contribution is -2.38. The Bertz CT molecular complexity index is 374. The number of hydrogen-bond donors (Lipinski definition) is 1. The zero-order chi connectivity index (χ0) is 12.5. The molecule has 0 radical (unpaired) electrons. The molecule has 0 amide bonds. The summed E-state index contributed by atoms with van der Waals surface area (Å²) in [6.07, 6.45) is 5.26. The Labute approximate surface area is 103 Å². The maximum absolute atomic E-state index is 6.15. The van der Waals surface area contributed by atoms with Gasteiger partial charge in [-0.1, -0.05) is 25.4 Å². The van der Waals surface area contributed by atoms with Crippen LogP contribution in [0.15, 0.2) is 4.52 Å². The molecule has 96 valence electrons. The van der Waals surface area contributed by atoms with Crippen LogP contribution in [0, 0.1) is 5.92 Å². The van der Waals surface area contributed by atoms with Crippen LogP contribution in [0.4, 0.5) is 0 Å². The van der Waals surface area contributed by atoms with E-state index in [0.717, 1.165) is 43.8 Å². The summed E-state index contributed by atoms with van der Waals surface area (Å²) in [5, 5.41) is 4.07. The smallest absolute Gasteiger partial charge is 0.234 e. The van der Waals surface area contributed by atoms with Gasteiger partial charge in [-0.25, -0.2) is 0 Å². The van der Waals surface area contributed by atoms with Gasteiger partial charge in [0.2, 0.25) is 5.89 Å². The minimum absolute atomic E-state index is 0.108. The minimum Gasteiger partial charge on any atom is -0.339 e. The molecule has 0 aliphatic heterocycles. The number of nitrogens with two attached hydrogens (primary N) is 1. The highest BCUT2D eigenvalue weighted by molar-refractivity contribution is 5.11. The quantitative estimate of drug-likeness (QED) is 0.873. The average molecular weight is 237 g/mol. The molecule has 0 saturated heterocycles. The highest BCUT2D eigenvalue weighted by Crippen LogP contribution is 2.38. The molecule has 0 bridgehead atoms. The Morgan fingerprint density at radius 1 is 1.53 bits per heavy atom. The van der Waals surface area contributed by atoms with Crippen molar-refractivity contribution < 1.29 is 4.52 Å². The fraction of sp³-hybridized carbons (Fsp3) is 0.846. The average Bonchev–Trinajstić information content (AvgIpc) is 2.85. The molecule has 1 heterocycles. The lowest BCUT2D eigenvalue weighted by molar-refractivity contribution is 0.276. The van der Waals surface area contributed by atoms with E-state index in [0.29, 0.717) is 5.92 Å². The molecule has 1 aromatic rings. The molecule has 2 atom stereocenters. The van der Waals surface area contributed by atoms with E-state index in [1.165, 1.54) is 0 Å². The van der Waals surface area contributed by atoms with Crippen molar-refractivity contribution in [2.75, 3.05) is 0 Å². The molecule has 1 saturated carbocycles. The van der Waals surface area contributed by atoms with Gasteiger partial charge in [-0.05, 0) is 32.1 Å². The van der Waals surface area contributed by atoms with Crippen molar-refractivity contribution in [3.8, 4) is 0 Å². The molecule has 4 heteroatoms. The van der Waals surface area contributed by atoms with Crippen molar-refractivity contribution in [1.29, 1.82) is 0 Å². The van der Waals surface area contributed by atoms with Crippen LogP contribution < -0.4 is 5.73 Å². The van der Waals surface area contributed by atoms with Crippen molar-refractivity contribution in [2.45, 2.75) is 64.3 Å². The highest BCUT2D eigenvalue weighted by atomic mass is 16.5. The van der Waals surface area contributed by atoms with E-state index in [-0.39, 0.29) is 11.5 Å². The summed E-state index contributed by atoms with van der Waals surface area (Å²) >= 11 is 0. The van der Waals surface area contributed by atoms with E-state index < -0.39 is 0 Å². The van der Waals surface area contributed by atoms with Crippen LogP contribution in [0.5, 0.6) is 0 Å². The predicted molar refractivity (Wildman–Crippen MR) is 66.6 cm³/mol. The SMILES string of the molecule is CC(C)CCc1noc(C2(C)CCCC2N)n1. The molecular formula is C13H23N3O. The molecule has 2 unspecified atom stereocenters. The zero-order valence-electron chi connectivity index (χ0n) is 11.1. The lowest BCUT2D eigenvalue weighted by atomic mass is 9.85. The second-order valence-electron chi connectivity index (χ2n) is 5.86. The van der Waals surface area contributed by atoms with Gasteiger partial charge in [-0.3, -0.25) is 0 Å². The second kappa shape index (κ2) is 4.77. The Morgan fingerprint density at radius 3 is 2.88 bits per heavy atom. The third kappa shape index (κ3) is 2.51. The van der Waals surface area contributed by atoms with Crippen LogP contribution in [0.25, 0.3) is 0 Å². The standard InChI is InChI=1S/C13H23N3O/c1-9(2)6-7-11-15-12(17-16-11)13(3)8-4-5-10(13)14/h9-10H,4-8,14H2,1-3H3. The maximum Gasteiger partial charge on any atom is 0.234 e. The number of nitrogens with zero attached hydrogens (tertiary/aromatic N) is 2. The van der Waals surface area contributed by atoms with Gasteiger partial charge in [0.1, 0.15) is 0 Å². The summed E-state index contributed by atoms with van der Waals surface area (Å²) in [6.45, 7) is 6.55. The zero-order valence-corrected chi connectivity index (χ0v) is 11.1. The minimum atomic E-state index is -0.108. The first-order valence-corrected chi connectivity index (χ1v) is 6.61. The fourth-order valence-electron chi connectivity index (χ4n) is 2.46. The highest BCUT2D eigenvalue weighted by Gasteiger charge is 2.42. The first-order valence-electron chi connectivity index (χ1n) is 6.61. The Balaban J connectivity index is 2.07. The van der Waals surface area contributed by atoms with Gasteiger partial charge in [-0.2, -0.15) is 4.98 Å². The van der Waals surface area contributed by atoms with Gasteiger partial charge in [0.05, 0.1) is 5.41 Å². The van der Waals surface area contributed by atoms with Crippen LogP contribution in [0.2, 0.25) is 0 Å². The molecule has 1 fully saturated rings. The predicted octanol–water partition coefficient (Wildman–Crippen LogP) is 2.43. The number of aryl methyl sites for hydroxylation is 1. The van der Waals surface area contributed by atoms with Crippen LogP contribution >= 0.6 is 0 Å². The molecule has 2 rings (SSSR count). The Hall–Kier alpha value is -0.900. The van der Waals surface area contributed by atoms with Crippen molar-refractivity contribution in [3.05, 3.63) is 11.7 Å². The molecule has 0 spiro atoms. The summed E-state index contributed by atoms with van der Waals surface area (Å²) in [4.78, 5) is 4.53. The molecule has 0 aromatic carbocycles. The van der Waals surface area contributed by atoms with E-state index in [1.807, 2.05) is 0 Å². The van der Waals surface area contributed by atoms with Crippen LogP contribution in [-0.4, -0.2) is 16.2 Å². The third-order valence-corrected chi connectivity index (χ3v) is 3.93. The monoisotopic (exact) mass is 237 g/mol. The topological polar surface area (TPSA) is 64.9 Å². The molecule has 1 aliphatic rings. The van der Waals surface area contributed by atoms with Gasteiger partial charge in [-0.15, -0.1) is 0 Å². The van der Waals surface area contributed by atoms with E-state index in [9.17, 15) is 0 Å². The summed E-state index contributed by atoms with van der Waals surface area (Å²) in [6, 6.07) is 0.154. The third-order valence-electron chi connectivity index (χ3n) is 3.93. The van der Waals surface area contributed by atoms with E-state index in [4.69, 9.17) is 10.3 Å². The first-order chi connectivity index (χ1) is 8.02. The summed E-state index contributed by atoms with van der Waals surface area (Å²) in [7, 11) is 0. The van der Waals surface area contributed by atoms with Gasteiger partial charge < -0.3 is 10.3 Å². The van der Waals surface area contributed by atoms with Crippen LogP contribution in [-0.2, 0) is 11.8 Å². The van der Waals surface area contributed by atoms with Crippen molar-refractivity contribution in [3.63, 3.8) is 0 Å². The normalized spacial score (nSPS) is 29.1. The van der Waals surface area contributed by atoms with Crippen molar-refractivity contribution in [2.24, 2.45) is 11.7 Å². The van der Waals surface area contributed by atoms with Crippen LogP contribution in [0.1, 0.15) is 58.2 Å².